The summed E-state index contributed by atoms with van der Waals surface area (Å²) in [6, 6.07) is 9.61. The third-order valence-electron chi connectivity index (χ3n) is 15.6. The molecule has 0 radical (unpaired) electrons. The van der Waals surface area contributed by atoms with E-state index < -0.39 is 23.6 Å². The van der Waals surface area contributed by atoms with Gasteiger partial charge in [0, 0.05) is 156 Å². The number of aliphatic imine (C=N–C) groups is 1. The lowest BCUT2D eigenvalue weighted by Gasteiger charge is -2.08. The number of unbranched alkanes of at least 4 members (excludes halogenated alkanes) is 1. The van der Waals surface area contributed by atoms with Gasteiger partial charge in [0.2, 0.25) is 5.82 Å². The van der Waals surface area contributed by atoms with E-state index in [0.29, 0.717) is 88.1 Å². The summed E-state index contributed by atoms with van der Waals surface area (Å²) < 4.78 is 11.2. The zero-order valence-electron chi connectivity index (χ0n) is 52.0. The van der Waals surface area contributed by atoms with E-state index in [4.69, 9.17) is 9.98 Å². The largest absolute Gasteiger partial charge is 0.507 e. The van der Waals surface area contributed by atoms with Crippen molar-refractivity contribution in [3.05, 3.63) is 154 Å². The summed E-state index contributed by atoms with van der Waals surface area (Å²) in [5.74, 6) is -1.94. The molecular formula is C64H74N16O10. The highest BCUT2D eigenvalue weighted by molar-refractivity contribution is 6.09. The first-order chi connectivity index (χ1) is 42.9. The molecule has 0 saturated heterocycles. The van der Waals surface area contributed by atoms with Crippen molar-refractivity contribution in [1.29, 1.82) is 0 Å². The number of aryl methyl sites for hydroxylation is 7. The number of Topliss-reactive ketones (excluding diaryl/α,β-unsaturated/α-hetero) is 5. The molecular weight excluding hydrogens is 1150 g/mol. The quantitative estimate of drug-likeness (QED) is 0.0247. The second-order valence-corrected chi connectivity index (χ2v) is 23.1. The van der Waals surface area contributed by atoms with Gasteiger partial charge in [0.05, 0.1) is 51.8 Å². The van der Waals surface area contributed by atoms with Crippen LogP contribution < -0.4 is 21.3 Å². The molecule has 0 fully saturated rings. The maximum atomic E-state index is 13.8. The number of carbonyl (C=O) groups excluding carboxylic acids is 9. The molecule has 90 heavy (non-hydrogen) atoms. The molecule has 26 nitrogen and oxygen atoms in total. The van der Waals surface area contributed by atoms with Crippen LogP contribution in [0.15, 0.2) is 91.0 Å². The van der Waals surface area contributed by atoms with Crippen molar-refractivity contribution in [2.24, 2.45) is 54.3 Å². The third kappa shape index (κ3) is 15.3. The lowest BCUT2D eigenvalue weighted by molar-refractivity contribution is -0.119. The molecule has 7 aromatic heterocycles. The zero-order chi connectivity index (χ0) is 64.7. The first kappa shape index (κ1) is 64.1. The number of nitrogens with one attached hydrogen (secondary N) is 4. The van der Waals surface area contributed by atoms with E-state index in [1.807, 2.05) is 14.1 Å². The number of phenolic OH excluding ortho intramolecular Hbond substituents is 1. The Morgan fingerprint density at radius 3 is 1.82 bits per heavy atom. The molecule has 0 spiro atoms. The number of fused-ring (bicyclic) bond motifs is 1. The van der Waals surface area contributed by atoms with Gasteiger partial charge in [-0.15, -0.1) is 0 Å². The van der Waals surface area contributed by atoms with Crippen LogP contribution in [0.1, 0.15) is 153 Å². The summed E-state index contributed by atoms with van der Waals surface area (Å²) in [6.07, 6.45) is 17.0. The van der Waals surface area contributed by atoms with E-state index in [1.54, 1.807) is 128 Å². The lowest BCUT2D eigenvalue weighted by Crippen LogP contribution is -2.26. The van der Waals surface area contributed by atoms with Crippen molar-refractivity contribution in [1.82, 2.24) is 57.1 Å². The van der Waals surface area contributed by atoms with E-state index >= 15 is 0 Å². The minimum atomic E-state index is -0.583. The molecule has 5 N–H and O–H groups in total. The lowest BCUT2D eigenvalue weighted by atomic mass is 9.98. The molecule has 0 saturated carbocycles. The number of phenols is 1. The number of amides is 4. The molecule has 9 rings (SSSR count). The molecule has 26 heteroatoms. The van der Waals surface area contributed by atoms with Crippen molar-refractivity contribution in [3.8, 4) is 5.75 Å². The van der Waals surface area contributed by atoms with Gasteiger partial charge in [0.15, 0.2) is 34.8 Å². The fourth-order valence-electron chi connectivity index (χ4n) is 11.0. The Hall–Kier alpha value is -10.4. The Labute approximate surface area is 519 Å². The summed E-state index contributed by atoms with van der Waals surface area (Å²) in [6.45, 7) is 1.13. The van der Waals surface area contributed by atoms with Crippen LogP contribution in [-0.4, -0.2) is 142 Å². The van der Waals surface area contributed by atoms with Gasteiger partial charge >= 0.3 is 0 Å². The number of aromatic hydroxyl groups is 1. The van der Waals surface area contributed by atoms with Crippen LogP contribution in [0, 0.1) is 0 Å². The standard InChI is InChI=1S/C64H74N16O10/c1-73(2)22-11-10-14-43(81)15-12-17-53(83)49-24-39(33-75(49)4)27-55(85)50-25-38(32-76(50)5)26-54(84)45-18-19-47-46(57(45)86)31-48(70-47)58-67-40(36-79(58)8)28-44(82)16-13-20-66-61(87)51-29-41(34-77(51)6)68-62(88)52-30-42(35-78(52)7)69-64(90)60-71-56(37-80(60)9)72-63(89)59-65-21-23-74(59)3/h18-19,21,23-25,29-30,32-37,86H,10-17,20,22,26-28,31H2,1-9H3,(H,66,87)(H,68,88)(H,69,90)(H,72,89). The van der Waals surface area contributed by atoms with Crippen molar-refractivity contribution in [3.63, 3.8) is 0 Å². The molecule has 1 aromatic carbocycles. The monoisotopic (exact) mass is 1230 g/mol. The molecule has 0 aliphatic carbocycles. The maximum absolute atomic E-state index is 13.8. The SMILES string of the molecule is CN(C)CCCCC(=O)CCCC(=O)c1cc(CC(=O)c2cc(CC(=O)c3ccc4c(c3O)CC(c3nc(CC(=O)CCCNC(=O)c5cc(NC(=O)c6cc(NC(=O)c7nc(NC(=O)c8nccn8C)cn7C)cn6C)cn5C)cn3C)=N4)cn2C)cn1C. The molecule has 4 amide bonds. The van der Waals surface area contributed by atoms with Gasteiger partial charge in [-0.25, -0.2) is 19.9 Å². The normalized spacial score (nSPS) is 11.9. The van der Waals surface area contributed by atoms with Crippen molar-refractivity contribution in [2.45, 2.75) is 77.0 Å². The molecule has 0 atom stereocenters. The summed E-state index contributed by atoms with van der Waals surface area (Å²) in [5.41, 5.74) is 5.38. The molecule has 470 valence electrons. The fourth-order valence-corrected chi connectivity index (χ4v) is 11.0. The predicted octanol–water partition coefficient (Wildman–Crippen LogP) is 6.21. The van der Waals surface area contributed by atoms with Crippen LogP contribution in [-0.2, 0) is 84.6 Å². The molecule has 0 unspecified atom stereocenters. The van der Waals surface area contributed by atoms with Crippen molar-refractivity contribution >= 4 is 81.1 Å². The Bertz CT molecular complexity index is 4150. The van der Waals surface area contributed by atoms with Crippen molar-refractivity contribution < 1.29 is 48.3 Å². The maximum Gasteiger partial charge on any atom is 0.292 e. The van der Waals surface area contributed by atoms with Gasteiger partial charge in [-0.1, -0.05) is 0 Å². The van der Waals surface area contributed by atoms with E-state index in [-0.39, 0.29) is 114 Å². The second kappa shape index (κ2) is 27.8. The first-order valence-electron chi connectivity index (χ1n) is 29.5. The molecule has 0 bridgehead atoms. The highest BCUT2D eigenvalue weighted by Gasteiger charge is 2.28. The van der Waals surface area contributed by atoms with Gasteiger partial charge in [0.1, 0.15) is 28.7 Å². The Kier molecular flexibility index (Phi) is 19.8. The number of imidazole rings is 3. The number of rotatable bonds is 30. The topological polar surface area (TPSA) is 311 Å². The summed E-state index contributed by atoms with van der Waals surface area (Å²) in [5, 5.41) is 22.5. The smallest absolute Gasteiger partial charge is 0.292 e. The van der Waals surface area contributed by atoms with Crippen LogP contribution in [0.25, 0.3) is 0 Å². The number of anilines is 3. The number of aromatic nitrogens is 10. The van der Waals surface area contributed by atoms with Crippen LogP contribution >= 0.6 is 0 Å². The van der Waals surface area contributed by atoms with Gasteiger partial charge in [-0.3, -0.25) is 43.2 Å². The van der Waals surface area contributed by atoms with E-state index in [2.05, 4.69) is 36.1 Å². The fraction of sp³-hybridized carbons (Fsp3) is 0.359. The number of hydrogen-bond donors (Lipinski definition) is 5. The average Bonchev–Trinajstić information content (AvgIpc) is 1.65. The van der Waals surface area contributed by atoms with Crippen LogP contribution in [0.4, 0.5) is 22.9 Å². The van der Waals surface area contributed by atoms with Gasteiger partial charge in [0.25, 0.3) is 23.6 Å². The van der Waals surface area contributed by atoms with Gasteiger partial charge < -0.3 is 63.2 Å². The van der Waals surface area contributed by atoms with Crippen LogP contribution in [0.3, 0.4) is 0 Å². The van der Waals surface area contributed by atoms with Gasteiger partial charge in [-0.05, 0) is 93.8 Å². The molecule has 8 heterocycles. The molecule has 1 aliphatic rings. The third-order valence-corrected chi connectivity index (χ3v) is 15.6. The first-order valence-corrected chi connectivity index (χ1v) is 29.5. The minimum absolute atomic E-state index is 0.00432. The van der Waals surface area contributed by atoms with Gasteiger partial charge in [-0.2, -0.15) is 0 Å². The molecule has 1 aliphatic heterocycles. The average molecular weight is 1230 g/mol. The molecule has 8 aromatic rings. The number of carbonyl (C=O) groups is 9. The number of hydrogen-bond acceptors (Lipinski definition) is 15. The Morgan fingerprint density at radius 2 is 1.16 bits per heavy atom. The zero-order valence-corrected chi connectivity index (χ0v) is 52.0. The number of nitrogens with zero attached hydrogens (tertiary/aromatic N) is 12. The number of benzene rings is 1. The highest BCUT2D eigenvalue weighted by atomic mass is 16.3. The van der Waals surface area contributed by atoms with E-state index in [9.17, 15) is 48.3 Å². The summed E-state index contributed by atoms with van der Waals surface area (Å²) >= 11 is 0. The Morgan fingerprint density at radius 1 is 0.544 bits per heavy atom. The summed E-state index contributed by atoms with van der Waals surface area (Å²) in [7, 11) is 15.8. The van der Waals surface area contributed by atoms with E-state index in [0.717, 1.165) is 19.4 Å². The van der Waals surface area contributed by atoms with Crippen LogP contribution in [0.5, 0.6) is 5.75 Å². The minimum Gasteiger partial charge on any atom is -0.507 e. The second-order valence-electron chi connectivity index (χ2n) is 23.1. The summed E-state index contributed by atoms with van der Waals surface area (Å²) in [4.78, 5) is 138. The van der Waals surface area contributed by atoms with Crippen LogP contribution in [0.2, 0.25) is 0 Å². The van der Waals surface area contributed by atoms with E-state index in [1.165, 1.54) is 39.7 Å². The predicted molar refractivity (Wildman–Crippen MR) is 335 cm³/mol. The van der Waals surface area contributed by atoms with Crippen molar-refractivity contribution in [2.75, 3.05) is 43.1 Å². The highest BCUT2D eigenvalue weighted by Crippen LogP contribution is 2.38. The number of ketones is 5. The Balaban J connectivity index is 0.701.